The van der Waals surface area contributed by atoms with Crippen LogP contribution >= 0.6 is 34.2 Å². The predicted octanol–water partition coefficient (Wildman–Crippen LogP) is 2.97. The van der Waals surface area contributed by atoms with Gasteiger partial charge in [-0.15, -0.1) is 0 Å². The molecule has 0 aliphatic rings. The Morgan fingerprint density at radius 2 is 2.06 bits per heavy atom. The van der Waals surface area contributed by atoms with Gasteiger partial charge in [-0.05, 0) is 28.7 Å². The van der Waals surface area contributed by atoms with Crippen molar-refractivity contribution in [2.24, 2.45) is 0 Å². The molecule has 0 aliphatic heterocycles. The van der Waals surface area contributed by atoms with E-state index in [1.807, 2.05) is 0 Å². The van der Waals surface area contributed by atoms with Crippen molar-refractivity contribution in [1.82, 2.24) is 9.38 Å². The van der Waals surface area contributed by atoms with Crippen LogP contribution < -0.4 is 5.56 Å². The predicted molar refractivity (Wildman–Crippen MR) is 64.2 cm³/mol. The minimum atomic E-state index is -4.66. The standard InChI is InChI=1S/C9H3ClF3IN2O/c10-4-1-2-16-5(3-4)15-7(9(11,12)13)6(14)8(16)17/h1-3H. The van der Waals surface area contributed by atoms with Crippen molar-refractivity contribution < 1.29 is 13.2 Å². The number of aromatic nitrogens is 2. The van der Waals surface area contributed by atoms with Crippen LogP contribution in [0.2, 0.25) is 5.02 Å². The Morgan fingerprint density at radius 3 is 2.65 bits per heavy atom. The normalized spacial score (nSPS) is 12.1. The molecule has 0 radical (unpaired) electrons. The fraction of sp³-hybridized carbons (Fsp3) is 0.111. The molecule has 17 heavy (non-hydrogen) atoms. The fourth-order valence-corrected chi connectivity index (χ4v) is 2.12. The van der Waals surface area contributed by atoms with Crippen LogP contribution in [0.25, 0.3) is 5.65 Å². The van der Waals surface area contributed by atoms with Crippen molar-refractivity contribution in [3.8, 4) is 0 Å². The lowest BCUT2D eigenvalue weighted by Gasteiger charge is -2.09. The third-order valence-electron chi connectivity index (χ3n) is 2.01. The van der Waals surface area contributed by atoms with Crippen molar-refractivity contribution in [3.05, 3.63) is 43.0 Å². The van der Waals surface area contributed by atoms with Gasteiger partial charge in [-0.3, -0.25) is 9.20 Å². The van der Waals surface area contributed by atoms with Gasteiger partial charge in [-0.2, -0.15) is 13.2 Å². The molecule has 2 rings (SSSR count). The molecule has 0 bridgehead atoms. The molecule has 0 N–H and O–H groups in total. The molecular formula is C9H3ClF3IN2O. The lowest BCUT2D eigenvalue weighted by molar-refractivity contribution is -0.141. The minimum Gasteiger partial charge on any atom is -0.268 e. The summed E-state index contributed by atoms with van der Waals surface area (Å²) >= 11 is 6.98. The van der Waals surface area contributed by atoms with Gasteiger partial charge in [0.05, 0.1) is 0 Å². The summed E-state index contributed by atoms with van der Waals surface area (Å²) in [5, 5.41) is 0.214. The van der Waals surface area contributed by atoms with Gasteiger partial charge in [-0.1, -0.05) is 11.6 Å². The average molecular weight is 374 g/mol. The van der Waals surface area contributed by atoms with E-state index in [2.05, 4.69) is 4.98 Å². The summed E-state index contributed by atoms with van der Waals surface area (Å²) in [6.07, 6.45) is -3.37. The van der Waals surface area contributed by atoms with Crippen LogP contribution in [0.5, 0.6) is 0 Å². The van der Waals surface area contributed by atoms with Gasteiger partial charge in [-0.25, -0.2) is 4.98 Å². The quantitative estimate of drug-likeness (QED) is 0.665. The monoisotopic (exact) mass is 374 g/mol. The zero-order valence-electron chi connectivity index (χ0n) is 7.92. The van der Waals surface area contributed by atoms with Crippen LogP contribution in [0.1, 0.15) is 5.69 Å². The lowest BCUT2D eigenvalue weighted by Crippen LogP contribution is -2.24. The highest BCUT2D eigenvalue weighted by Gasteiger charge is 2.36. The van der Waals surface area contributed by atoms with Gasteiger partial charge in [0.25, 0.3) is 5.56 Å². The molecule has 2 aromatic rings. The molecule has 8 heteroatoms. The van der Waals surface area contributed by atoms with Crippen LogP contribution in [0.4, 0.5) is 13.2 Å². The number of halogens is 5. The van der Waals surface area contributed by atoms with Crippen LogP contribution in [0, 0.1) is 3.57 Å². The Morgan fingerprint density at radius 1 is 1.41 bits per heavy atom. The Bertz CT molecular complexity index is 653. The summed E-state index contributed by atoms with van der Waals surface area (Å²) < 4.78 is 38.4. The molecule has 2 heterocycles. The largest absolute Gasteiger partial charge is 0.434 e. The Balaban J connectivity index is 2.91. The first-order valence-corrected chi connectivity index (χ1v) is 5.71. The van der Waals surface area contributed by atoms with E-state index in [1.54, 1.807) is 0 Å². The van der Waals surface area contributed by atoms with Crippen molar-refractivity contribution >= 4 is 39.8 Å². The van der Waals surface area contributed by atoms with Gasteiger partial charge in [0, 0.05) is 17.3 Å². The third kappa shape index (κ3) is 2.25. The van der Waals surface area contributed by atoms with Crippen LogP contribution in [0.15, 0.2) is 23.1 Å². The summed E-state index contributed by atoms with van der Waals surface area (Å²) in [7, 11) is 0. The number of rotatable bonds is 0. The molecule has 0 saturated carbocycles. The number of alkyl halides is 3. The second-order valence-electron chi connectivity index (χ2n) is 3.15. The van der Waals surface area contributed by atoms with Gasteiger partial charge < -0.3 is 0 Å². The van der Waals surface area contributed by atoms with Crippen molar-refractivity contribution in [2.45, 2.75) is 6.18 Å². The Hall–Kier alpha value is -0.830. The highest BCUT2D eigenvalue weighted by Crippen LogP contribution is 2.30. The molecule has 0 aliphatic carbocycles. The smallest absolute Gasteiger partial charge is 0.268 e. The molecule has 0 amide bonds. The minimum absolute atomic E-state index is 0.129. The summed E-state index contributed by atoms with van der Waals surface area (Å²) in [6, 6.07) is 2.61. The molecule has 3 nitrogen and oxygen atoms in total. The maximum Gasteiger partial charge on any atom is 0.434 e. The summed E-state index contributed by atoms with van der Waals surface area (Å²) in [6.45, 7) is 0. The van der Waals surface area contributed by atoms with Crippen LogP contribution in [-0.2, 0) is 6.18 Å². The topological polar surface area (TPSA) is 34.4 Å². The SMILES string of the molecule is O=c1c(I)c(C(F)(F)F)nc2cc(Cl)ccn12. The Kier molecular flexibility index (Phi) is 3.06. The summed E-state index contributed by atoms with van der Waals surface area (Å²) in [5.74, 6) is 0. The number of fused-ring (bicyclic) bond motifs is 1. The van der Waals surface area contributed by atoms with Crippen LogP contribution in [-0.4, -0.2) is 9.38 Å². The van der Waals surface area contributed by atoms with Gasteiger partial charge in [0.15, 0.2) is 5.69 Å². The van der Waals surface area contributed by atoms with E-state index in [1.165, 1.54) is 40.9 Å². The zero-order valence-corrected chi connectivity index (χ0v) is 10.8. The second kappa shape index (κ2) is 4.13. The first kappa shape index (κ1) is 12.6. The number of hydrogen-bond donors (Lipinski definition) is 0. The molecule has 0 aromatic carbocycles. The number of nitrogens with zero attached hydrogens (tertiary/aromatic N) is 2. The summed E-state index contributed by atoms with van der Waals surface area (Å²) in [5.41, 5.74) is -2.08. The van der Waals surface area contributed by atoms with E-state index in [9.17, 15) is 18.0 Å². The number of pyridine rings is 1. The molecule has 90 valence electrons. The van der Waals surface area contributed by atoms with Gasteiger partial charge in [0.2, 0.25) is 0 Å². The zero-order chi connectivity index (χ0) is 12.8. The third-order valence-corrected chi connectivity index (χ3v) is 3.21. The summed E-state index contributed by atoms with van der Waals surface area (Å²) in [4.78, 5) is 15.1. The first-order chi connectivity index (χ1) is 7.80. The van der Waals surface area contributed by atoms with Crippen molar-refractivity contribution in [1.29, 1.82) is 0 Å². The molecule has 0 atom stereocenters. The second-order valence-corrected chi connectivity index (χ2v) is 4.67. The molecule has 0 spiro atoms. The molecule has 2 aromatic heterocycles. The van der Waals surface area contributed by atoms with E-state index in [4.69, 9.17) is 11.6 Å². The van der Waals surface area contributed by atoms with E-state index in [-0.39, 0.29) is 10.7 Å². The number of hydrogen-bond acceptors (Lipinski definition) is 2. The molecule has 0 unspecified atom stereocenters. The fourth-order valence-electron chi connectivity index (χ4n) is 1.28. The van der Waals surface area contributed by atoms with E-state index in [0.717, 1.165) is 4.40 Å². The lowest BCUT2D eigenvalue weighted by atomic mass is 10.3. The molecule has 0 saturated heterocycles. The van der Waals surface area contributed by atoms with Gasteiger partial charge >= 0.3 is 6.18 Å². The van der Waals surface area contributed by atoms with Gasteiger partial charge in [0.1, 0.15) is 9.22 Å². The highest BCUT2D eigenvalue weighted by molar-refractivity contribution is 14.1. The maximum atomic E-state index is 12.6. The molecular weight excluding hydrogens is 371 g/mol. The van der Waals surface area contributed by atoms with Crippen molar-refractivity contribution in [2.75, 3.05) is 0 Å². The average Bonchev–Trinajstić information content (AvgIpc) is 2.21. The van der Waals surface area contributed by atoms with E-state index >= 15 is 0 Å². The highest BCUT2D eigenvalue weighted by atomic mass is 127. The van der Waals surface area contributed by atoms with Crippen molar-refractivity contribution in [3.63, 3.8) is 0 Å². The van der Waals surface area contributed by atoms with E-state index < -0.39 is 21.0 Å². The molecule has 0 fully saturated rings. The Labute approximate surface area is 111 Å². The van der Waals surface area contributed by atoms with Crippen LogP contribution in [0.3, 0.4) is 0 Å². The van der Waals surface area contributed by atoms with E-state index in [0.29, 0.717) is 0 Å². The first-order valence-electron chi connectivity index (χ1n) is 4.25. The maximum absolute atomic E-state index is 12.6.